The first-order valence-electron chi connectivity index (χ1n) is 10.1. The summed E-state index contributed by atoms with van der Waals surface area (Å²) < 4.78 is 16.0. The van der Waals surface area contributed by atoms with Crippen molar-refractivity contribution in [3.63, 3.8) is 0 Å². The minimum Gasteiger partial charge on any atom is -0.495 e. The van der Waals surface area contributed by atoms with E-state index in [-0.39, 0.29) is 0 Å². The molecule has 1 aromatic heterocycles. The smallest absolute Gasteiger partial charge is 0.340 e. The van der Waals surface area contributed by atoms with Crippen LogP contribution in [0, 0.1) is 20.8 Å². The number of thioether (sulfide) groups is 1. The Morgan fingerprint density at radius 1 is 1.16 bits per heavy atom. The molecule has 0 radical (unpaired) electrons. The Morgan fingerprint density at radius 2 is 1.91 bits per heavy atom. The van der Waals surface area contributed by atoms with Crippen molar-refractivity contribution < 1.29 is 23.6 Å². The molecule has 8 heteroatoms. The first-order valence-corrected chi connectivity index (χ1v) is 11.1. The van der Waals surface area contributed by atoms with Crippen molar-refractivity contribution in [1.82, 2.24) is 5.16 Å². The van der Waals surface area contributed by atoms with Crippen molar-refractivity contribution in [3.8, 4) is 5.75 Å². The van der Waals surface area contributed by atoms with E-state index in [1.807, 2.05) is 39.0 Å². The highest BCUT2D eigenvalue weighted by molar-refractivity contribution is 7.98. The van der Waals surface area contributed by atoms with Gasteiger partial charge in [0.05, 0.1) is 24.1 Å². The predicted molar refractivity (Wildman–Crippen MR) is 123 cm³/mol. The minimum absolute atomic E-state index is 0.400. The van der Waals surface area contributed by atoms with E-state index in [2.05, 4.69) is 10.5 Å². The highest BCUT2D eigenvalue weighted by Gasteiger charge is 2.22. The number of esters is 1. The summed E-state index contributed by atoms with van der Waals surface area (Å²) >= 11 is 1.49. The lowest BCUT2D eigenvalue weighted by atomic mass is 10.2. The van der Waals surface area contributed by atoms with Crippen LogP contribution in [0.2, 0.25) is 0 Å². The maximum absolute atomic E-state index is 12.8. The van der Waals surface area contributed by atoms with Gasteiger partial charge < -0.3 is 19.3 Å². The summed E-state index contributed by atoms with van der Waals surface area (Å²) in [6.45, 7) is 7.19. The van der Waals surface area contributed by atoms with Gasteiger partial charge >= 0.3 is 5.97 Å². The molecule has 1 N–H and O–H groups in total. The van der Waals surface area contributed by atoms with Gasteiger partial charge in [0.1, 0.15) is 11.5 Å². The monoisotopic (exact) mass is 454 g/mol. The molecule has 2 aromatic carbocycles. The number of rotatable bonds is 8. The third-order valence-electron chi connectivity index (χ3n) is 4.93. The van der Waals surface area contributed by atoms with Crippen LogP contribution in [-0.4, -0.2) is 30.2 Å². The number of hydrogen-bond acceptors (Lipinski definition) is 7. The number of methoxy groups -OCH3 is 1. The number of nitrogens with one attached hydrogen (secondary N) is 1. The Hall–Kier alpha value is -3.26. The Labute approximate surface area is 191 Å². The number of ether oxygens (including phenoxy) is 2. The summed E-state index contributed by atoms with van der Waals surface area (Å²) in [6.07, 6.45) is -0.992. The van der Waals surface area contributed by atoms with Gasteiger partial charge in [-0.3, -0.25) is 4.79 Å². The first kappa shape index (κ1) is 23.4. The molecule has 1 atom stereocenters. The highest BCUT2D eigenvalue weighted by Crippen LogP contribution is 2.30. The Morgan fingerprint density at radius 3 is 2.59 bits per heavy atom. The largest absolute Gasteiger partial charge is 0.495 e. The fraction of sp³-hybridized carbons (Fsp3) is 0.292. The third kappa shape index (κ3) is 5.50. The van der Waals surface area contributed by atoms with Crippen molar-refractivity contribution >= 4 is 29.3 Å². The van der Waals surface area contributed by atoms with Crippen LogP contribution in [0.1, 0.15) is 39.9 Å². The van der Waals surface area contributed by atoms with Gasteiger partial charge in [0.2, 0.25) is 0 Å². The Balaban J connectivity index is 1.68. The van der Waals surface area contributed by atoms with E-state index in [1.165, 1.54) is 25.8 Å². The molecule has 0 saturated heterocycles. The molecule has 0 aliphatic rings. The molecule has 0 fully saturated rings. The topological polar surface area (TPSA) is 90.7 Å². The fourth-order valence-electron chi connectivity index (χ4n) is 3.05. The van der Waals surface area contributed by atoms with Crippen LogP contribution in [0.15, 0.2) is 51.9 Å². The molecule has 3 aromatic rings. The molecular formula is C24H26N2O5S. The van der Waals surface area contributed by atoms with Crippen LogP contribution in [0.5, 0.6) is 5.75 Å². The fourth-order valence-corrected chi connectivity index (χ4v) is 4.24. The third-order valence-corrected chi connectivity index (χ3v) is 6.03. The van der Waals surface area contributed by atoms with Crippen molar-refractivity contribution in [2.75, 3.05) is 12.4 Å². The average Bonchev–Trinajstić information content (AvgIpc) is 3.09. The first-order chi connectivity index (χ1) is 15.3. The van der Waals surface area contributed by atoms with Crippen LogP contribution >= 0.6 is 11.8 Å². The molecule has 168 valence electrons. The molecule has 0 saturated carbocycles. The molecule has 32 heavy (non-hydrogen) atoms. The second-order valence-corrected chi connectivity index (χ2v) is 8.35. The average molecular weight is 455 g/mol. The number of hydrogen-bond donors (Lipinski definition) is 1. The number of carbonyl (C=O) groups excluding carboxylic acids is 2. The number of carbonyl (C=O) groups is 2. The number of amides is 1. The van der Waals surface area contributed by atoms with E-state index in [0.29, 0.717) is 22.8 Å². The minimum atomic E-state index is -0.992. The lowest BCUT2D eigenvalue weighted by Gasteiger charge is -2.16. The normalized spacial score (nSPS) is 11.7. The number of aryl methyl sites for hydroxylation is 3. The van der Waals surface area contributed by atoms with Crippen LogP contribution in [0.25, 0.3) is 0 Å². The summed E-state index contributed by atoms with van der Waals surface area (Å²) in [7, 11) is 1.53. The molecule has 1 unspecified atom stereocenters. The molecule has 0 spiro atoms. The van der Waals surface area contributed by atoms with Gasteiger partial charge in [-0.1, -0.05) is 23.4 Å². The molecule has 0 bridgehead atoms. The van der Waals surface area contributed by atoms with Gasteiger partial charge in [-0.15, -0.1) is 11.8 Å². The summed E-state index contributed by atoms with van der Waals surface area (Å²) in [4.78, 5) is 26.2. The Kier molecular flexibility index (Phi) is 7.58. The second kappa shape index (κ2) is 10.4. The number of aromatic nitrogens is 1. The van der Waals surface area contributed by atoms with Gasteiger partial charge in [-0.05, 0) is 57.5 Å². The van der Waals surface area contributed by atoms with Crippen molar-refractivity contribution in [3.05, 3.63) is 70.6 Å². The predicted octanol–water partition coefficient (Wildman–Crippen LogP) is 5.08. The molecular weight excluding hydrogens is 428 g/mol. The van der Waals surface area contributed by atoms with Gasteiger partial charge in [0.15, 0.2) is 6.10 Å². The summed E-state index contributed by atoms with van der Waals surface area (Å²) in [6, 6.07) is 12.6. The van der Waals surface area contributed by atoms with E-state index in [4.69, 9.17) is 14.0 Å². The van der Waals surface area contributed by atoms with Crippen molar-refractivity contribution in [1.29, 1.82) is 0 Å². The SMILES string of the molecule is COc1ccc(C)cc1NC(=O)C(C)OC(=O)c1ccccc1SCc1c(C)noc1C. The van der Waals surface area contributed by atoms with Gasteiger partial charge in [-0.25, -0.2) is 4.79 Å². The van der Waals surface area contributed by atoms with E-state index in [1.54, 1.807) is 24.3 Å². The van der Waals surface area contributed by atoms with E-state index >= 15 is 0 Å². The molecule has 7 nitrogen and oxygen atoms in total. The van der Waals surface area contributed by atoms with Gasteiger partial charge in [0.25, 0.3) is 5.91 Å². The van der Waals surface area contributed by atoms with Crippen LogP contribution in [0.4, 0.5) is 5.69 Å². The molecule has 3 rings (SSSR count). The van der Waals surface area contributed by atoms with Crippen molar-refractivity contribution in [2.24, 2.45) is 0 Å². The molecule has 0 aliphatic carbocycles. The van der Waals surface area contributed by atoms with Gasteiger partial charge in [0, 0.05) is 16.2 Å². The quantitative estimate of drug-likeness (QED) is 0.375. The zero-order chi connectivity index (χ0) is 23.3. The zero-order valence-electron chi connectivity index (χ0n) is 18.7. The second-order valence-electron chi connectivity index (χ2n) is 7.33. The van der Waals surface area contributed by atoms with Crippen LogP contribution in [0.3, 0.4) is 0 Å². The molecule has 0 aliphatic heterocycles. The number of anilines is 1. The number of benzene rings is 2. The van der Waals surface area contributed by atoms with E-state index < -0.39 is 18.0 Å². The van der Waals surface area contributed by atoms with Crippen LogP contribution in [-0.2, 0) is 15.3 Å². The molecule has 1 heterocycles. The summed E-state index contributed by atoms with van der Waals surface area (Å²) in [5, 5.41) is 6.73. The summed E-state index contributed by atoms with van der Waals surface area (Å²) in [5.74, 6) is 0.888. The standard InChI is InChI=1S/C24H26N2O5S/c1-14-10-11-21(29-5)20(12-14)25-23(27)17(4)30-24(28)18-8-6-7-9-22(18)32-13-19-15(2)26-31-16(19)3/h6-12,17H,13H2,1-5H3,(H,25,27). The van der Waals surface area contributed by atoms with E-state index in [0.717, 1.165) is 27.5 Å². The highest BCUT2D eigenvalue weighted by atomic mass is 32.2. The van der Waals surface area contributed by atoms with Gasteiger partial charge in [-0.2, -0.15) is 0 Å². The van der Waals surface area contributed by atoms with E-state index in [9.17, 15) is 9.59 Å². The lowest BCUT2D eigenvalue weighted by Crippen LogP contribution is -2.30. The number of nitrogens with zero attached hydrogens (tertiary/aromatic N) is 1. The maximum atomic E-state index is 12.8. The van der Waals surface area contributed by atoms with Crippen LogP contribution < -0.4 is 10.1 Å². The van der Waals surface area contributed by atoms with Crippen molar-refractivity contribution in [2.45, 2.75) is 44.4 Å². The zero-order valence-corrected chi connectivity index (χ0v) is 19.5. The maximum Gasteiger partial charge on any atom is 0.340 e. The Bertz CT molecular complexity index is 1110. The molecule has 1 amide bonds. The summed E-state index contributed by atoms with van der Waals surface area (Å²) in [5.41, 5.74) is 3.72. The lowest BCUT2D eigenvalue weighted by molar-refractivity contribution is -0.123.